The number of aromatic nitrogens is 2. The zero-order chi connectivity index (χ0) is 12.1. The fraction of sp³-hybridized carbons (Fsp3) is 0.333. The van der Waals surface area contributed by atoms with E-state index in [0.29, 0.717) is 0 Å². The van der Waals surface area contributed by atoms with Crippen LogP contribution in [0.1, 0.15) is 11.8 Å². The molecule has 2 rings (SSSR count). The van der Waals surface area contributed by atoms with E-state index in [1.165, 1.54) is 4.88 Å². The summed E-state index contributed by atoms with van der Waals surface area (Å²) in [6.07, 6.45) is 1.60. The van der Waals surface area contributed by atoms with E-state index in [2.05, 4.69) is 44.6 Å². The van der Waals surface area contributed by atoms with Gasteiger partial charge in [-0.25, -0.2) is 9.97 Å². The lowest BCUT2D eigenvalue weighted by molar-refractivity contribution is 0.904. The van der Waals surface area contributed by atoms with E-state index in [0.717, 1.165) is 24.7 Å². The molecule has 0 atom stereocenters. The average molecular weight is 248 g/mol. The minimum Gasteiger partial charge on any atom is -0.370 e. The van der Waals surface area contributed by atoms with Crippen LogP contribution in [0.25, 0.3) is 0 Å². The van der Waals surface area contributed by atoms with Crippen molar-refractivity contribution in [1.29, 1.82) is 0 Å². The molecule has 0 fully saturated rings. The second-order valence-electron chi connectivity index (χ2n) is 3.73. The van der Waals surface area contributed by atoms with Crippen molar-refractivity contribution >= 4 is 23.0 Å². The van der Waals surface area contributed by atoms with Gasteiger partial charge < -0.3 is 10.2 Å². The van der Waals surface area contributed by atoms with Crippen LogP contribution in [-0.2, 0) is 6.54 Å². The monoisotopic (exact) mass is 248 g/mol. The van der Waals surface area contributed by atoms with Crippen molar-refractivity contribution in [3.05, 3.63) is 34.8 Å². The van der Waals surface area contributed by atoms with Crippen LogP contribution >= 0.6 is 11.3 Å². The first-order valence-electron chi connectivity index (χ1n) is 5.59. The molecule has 2 heterocycles. The van der Waals surface area contributed by atoms with Gasteiger partial charge in [0.1, 0.15) is 18.0 Å². The van der Waals surface area contributed by atoms with Crippen molar-refractivity contribution in [2.75, 3.05) is 23.8 Å². The Hall–Kier alpha value is -1.62. The molecule has 0 saturated carbocycles. The normalized spacial score (nSPS) is 10.2. The highest BCUT2D eigenvalue weighted by Gasteiger charge is 2.05. The SMILES string of the molecule is CCNc1cc(N(C)Cc2cccs2)ncn1. The smallest absolute Gasteiger partial charge is 0.134 e. The van der Waals surface area contributed by atoms with Crippen molar-refractivity contribution in [2.45, 2.75) is 13.5 Å². The Morgan fingerprint density at radius 3 is 3.00 bits per heavy atom. The molecule has 2 aromatic heterocycles. The topological polar surface area (TPSA) is 41.0 Å². The second kappa shape index (κ2) is 5.63. The van der Waals surface area contributed by atoms with Crippen LogP contribution in [0.4, 0.5) is 11.6 Å². The molecular formula is C12H16N4S. The van der Waals surface area contributed by atoms with Crippen LogP contribution < -0.4 is 10.2 Å². The van der Waals surface area contributed by atoms with E-state index in [9.17, 15) is 0 Å². The standard InChI is InChI=1S/C12H16N4S/c1-3-13-11-7-12(15-9-14-11)16(2)8-10-5-4-6-17-10/h4-7,9H,3,8H2,1-2H3,(H,13,14,15). The Bertz CT molecular complexity index is 455. The second-order valence-corrected chi connectivity index (χ2v) is 4.76. The maximum absolute atomic E-state index is 4.28. The van der Waals surface area contributed by atoms with Gasteiger partial charge in [-0.15, -0.1) is 11.3 Å². The van der Waals surface area contributed by atoms with Crippen LogP contribution in [0, 0.1) is 0 Å². The Morgan fingerprint density at radius 2 is 2.29 bits per heavy atom. The van der Waals surface area contributed by atoms with Gasteiger partial charge in [-0.05, 0) is 18.4 Å². The molecule has 1 N–H and O–H groups in total. The van der Waals surface area contributed by atoms with Gasteiger partial charge in [0.05, 0.1) is 6.54 Å². The Balaban J connectivity index is 2.07. The van der Waals surface area contributed by atoms with Crippen LogP contribution in [-0.4, -0.2) is 23.6 Å². The number of nitrogens with one attached hydrogen (secondary N) is 1. The van der Waals surface area contributed by atoms with Crippen LogP contribution in [0.3, 0.4) is 0 Å². The Morgan fingerprint density at radius 1 is 1.41 bits per heavy atom. The van der Waals surface area contributed by atoms with E-state index in [1.807, 2.05) is 13.1 Å². The lowest BCUT2D eigenvalue weighted by atomic mass is 10.4. The Labute approximate surface area is 105 Å². The summed E-state index contributed by atoms with van der Waals surface area (Å²) < 4.78 is 0. The first-order chi connectivity index (χ1) is 8.29. The summed E-state index contributed by atoms with van der Waals surface area (Å²) in [5, 5.41) is 5.28. The molecule has 4 nitrogen and oxygen atoms in total. The van der Waals surface area contributed by atoms with Gasteiger partial charge in [-0.3, -0.25) is 0 Å². The molecular weight excluding hydrogens is 232 g/mol. The first-order valence-corrected chi connectivity index (χ1v) is 6.47. The molecule has 2 aromatic rings. The summed E-state index contributed by atoms with van der Waals surface area (Å²) in [4.78, 5) is 11.9. The third kappa shape index (κ3) is 3.17. The first kappa shape index (κ1) is 11.9. The van der Waals surface area contributed by atoms with Crippen molar-refractivity contribution in [3.8, 4) is 0 Å². The summed E-state index contributed by atoms with van der Waals surface area (Å²) in [6.45, 7) is 3.79. The highest BCUT2D eigenvalue weighted by atomic mass is 32.1. The lowest BCUT2D eigenvalue weighted by Gasteiger charge is -2.17. The van der Waals surface area contributed by atoms with Crippen LogP contribution in [0.2, 0.25) is 0 Å². The minimum atomic E-state index is 0.866. The van der Waals surface area contributed by atoms with Crippen LogP contribution in [0.15, 0.2) is 29.9 Å². The number of nitrogens with zero attached hydrogens (tertiary/aromatic N) is 3. The predicted octanol–water partition coefficient (Wildman–Crippen LogP) is 2.61. The summed E-state index contributed by atoms with van der Waals surface area (Å²) in [6, 6.07) is 6.17. The number of hydrogen-bond donors (Lipinski definition) is 1. The molecule has 17 heavy (non-hydrogen) atoms. The maximum atomic E-state index is 4.28. The summed E-state index contributed by atoms with van der Waals surface area (Å²) in [5.41, 5.74) is 0. The number of thiophene rings is 1. The molecule has 0 radical (unpaired) electrons. The molecule has 0 unspecified atom stereocenters. The molecule has 0 aliphatic heterocycles. The van der Waals surface area contributed by atoms with Crippen molar-refractivity contribution in [2.24, 2.45) is 0 Å². The van der Waals surface area contributed by atoms with Gasteiger partial charge in [0.2, 0.25) is 0 Å². The lowest BCUT2D eigenvalue weighted by Crippen LogP contribution is -2.17. The zero-order valence-corrected chi connectivity index (χ0v) is 10.9. The molecule has 0 aromatic carbocycles. The van der Waals surface area contributed by atoms with E-state index < -0.39 is 0 Å². The van der Waals surface area contributed by atoms with Gasteiger partial charge in [-0.1, -0.05) is 6.07 Å². The van der Waals surface area contributed by atoms with E-state index >= 15 is 0 Å². The third-order valence-electron chi connectivity index (χ3n) is 2.37. The van der Waals surface area contributed by atoms with Gasteiger partial charge in [0.15, 0.2) is 0 Å². The quantitative estimate of drug-likeness (QED) is 0.883. The molecule has 0 aliphatic carbocycles. The fourth-order valence-corrected chi connectivity index (χ4v) is 2.31. The molecule has 0 saturated heterocycles. The minimum absolute atomic E-state index is 0.866. The average Bonchev–Trinajstić information content (AvgIpc) is 2.83. The highest BCUT2D eigenvalue weighted by molar-refractivity contribution is 7.09. The van der Waals surface area contributed by atoms with Gasteiger partial charge in [0.25, 0.3) is 0 Å². The Kier molecular flexibility index (Phi) is 3.93. The molecule has 0 amide bonds. The van der Waals surface area contributed by atoms with Crippen LogP contribution in [0.5, 0.6) is 0 Å². The molecule has 0 bridgehead atoms. The van der Waals surface area contributed by atoms with Gasteiger partial charge in [-0.2, -0.15) is 0 Å². The molecule has 0 aliphatic rings. The largest absolute Gasteiger partial charge is 0.370 e. The highest BCUT2D eigenvalue weighted by Crippen LogP contribution is 2.17. The third-order valence-corrected chi connectivity index (χ3v) is 3.24. The van der Waals surface area contributed by atoms with E-state index in [-0.39, 0.29) is 0 Å². The number of hydrogen-bond acceptors (Lipinski definition) is 5. The molecule has 0 spiro atoms. The van der Waals surface area contributed by atoms with Gasteiger partial charge >= 0.3 is 0 Å². The summed E-state index contributed by atoms with van der Waals surface area (Å²) >= 11 is 1.76. The van der Waals surface area contributed by atoms with E-state index in [1.54, 1.807) is 17.7 Å². The number of anilines is 2. The predicted molar refractivity (Wildman–Crippen MR) is 72.6 cm³/mol. The van der Waals surface area contributed by atoms with Crippen molar-refractivity contribution in [3.63, 3.8) is 0 Å². The maximum Gasteiger partial charge on any atom is 0.134 e. The van der Waals surface area contributed by atoms with Crippen molar-refractivity contribution in [1.82, 2.24) is 9.97 Å². The molecule has 5 heteroatoms. The number of rotatable bonds is 5. The van der Waals surface area contributed by atoms with E-state index in [4.69, 9.17) is 0 Å². The molecule has 90 valence electrons. The summed E-state index contributed by atoms with van der Waals surface area (Å²) in [5.74, 6) is 1.81. The fourth-order valence-electron chi connectivity index (χ4n) is 1.55. The van der Waals surface area contributed by atoms with Gasteiger partial charge in [0, 0.05) is 24.5 Å². The van der Waals surface area contributed by atoms with Crippen molar-refractivity contribution < 1.29 is 0 Å². The summed E-state index contributed by atoms with van der Waals surface area (Å²) in [7, 11) is 2.04. The zero-order valence-electron chi connectivity index (χ0n) is 10.1.